The predicted octanol–water partition coefficient (Wildman–Crippen LogP) is 6.96. The average molecular weight is 469 g/mol. The lowest BCUT2D eigenvalue weighted by molar-refractivity contribution is -0.222. The van der Waals surface area contributed by atoms with E-state index in [1.165, 1.54) is 0 Å². The van der Waals surface area contributed by atoms with E-state index in [0.717, 1.165) is 56.9 Å². The summed E-state index contributed by atoms with van der Waals surface area (Å²) in [6, 6.07) is 0. The molecule has 2 N–H and O–H groups in total. The van der Waals surface area contributed by atoms with E-state index in [1.54, 1.807) is 0 Å². The molecule has 0 spiro atoms. The summed E-state index contributed by atoms with van der Waals surface area (Å²) in [5.74, 6) is 0.672. The van der Waals surface area contributed by atoms with E-state index < -0.39 is 16.8 Å². The number of carbonyl (C=O) groups is 2. The second-order valence-electron chi connectivity index (χ2n) is 14.1. The molecule has 4 heteroatoms. The first-order chi connectivity index (χ1) is 15.7. The Balaban J connectivity index is 1.61. The van der Waals surface area contributed by atoms with Gasteiger partial charge in [0.1, 0.15) is 0 Å². The summed E-state index contributed by atoms with van der Waals surface area (Å²) in [5.41, 5.74) is -0.153. The van der Waals surface area contributed by atoms with Gasteiger partial charge >= 0.3 is 5.97 Å². The Morgan fingerprint density at radius 2 is 1.62 bits per heavy atom. The molecule has 0 radical (unpaired) electrons. The Morgan fingerprint density at radius 1 is 0.941 bits per heavy atom. The molecule has 0 heterocycles. The molecule has 9 atom stereocenters. The molecular weight excluding hydrogens is 424 g/mol. The van der Waals surface area contributed by atoms with Gasteiger partial charge in [-0.25, -0.2) is 0 Å². The number of fused-ring (bicyclic) bond motifs is 7. The molecule has 5 aliphatic carbocycles. The third-order valence-electron chi connectivity index (χ3n) is 12.8. The van der Waals surface area contributed by atoms with Crippen molar-refractivity contribution in [3.8, 4) is 0 Å². The van der Waals surface area contributed by atoms with Crippen molar-refractivity contribution in [3.63, 3.8) is 0 Å². The highest BCUT2D eigenvalue weighted by molar-refractivity contribution is 5.98. The van der Waals surface area contributed by atoms with E-state index in [0.29, 0.717) is 17.8 Å². The number of hydrogen-bond donors (Lipinski definition) is 2. The molecule has 0 amide bonds. The summed E-state index contributed by atoms with van der Waals surface area (Å²) in [6.07, 6.45) is 9.49. The number of carboxylic acid groups (broad SMARTS) is 1. The van der Waals surface area contributed by atoms with E-state index in [-0.39, 0.29) is 39.6 Å². The molecular formula is C30H44O4. The quantitative estimate of drug-likeness (QED) is 0.430. The van der Waals surface area contributed by atoms with E-state index in [4.69, 9.17) is 0 Å². The Hall–Kier alpha value is -1.58. The lowest BCUT2D eigenvalue weighted by Gasteiger charge is -2.71. The molecule has 4 saturated carbocycles. The minimum absolute atomic E-state index is 0.0423. The number of aliphatic carboxylic acids is 1. The van der Waals surface area contributed by atoms with Crippen molar-refractivity contribution >= 4 is 11.8 Å². The number of ketones is 1. The Kier molecular flexibility index (Phi) is 4.97. The Bertz CT molecular complexity index is 992. The third kappa shape index (κ3) is 2.61. The number of rotatable bonds is 2. The molecule has 0 saturated heterocycles. The van der Waals surface area contributed by atoms with Crippen molar-refractivity contribution in [1.29, 1.82) is 0 Å². The maximum Gasteiger partial charge on any atom is 0.309 e. The molecule has 0 aliphatic heterocycles. The number of carbonyl (C=O) groups excluding carboxylic acids is 1. The van der Waals surface area contributed by atoms with Crippen LogP contribution in [0.4, 0.5) is 0 Å². The maximum absolute atomic E-state index is 12.9. The number of allylic oxidation sites excluding steroid dienone is 3. The Morgan fingerprint density at radius 3 is 2.24 bits per heavy atom. The van der Waals surface area contributed by atoms with E-state index in [1.807, 2.05) is 19.9 Å². The largest absolute Gasteiger partial charge is 0.505 e. The zero-order valence-corrected chi connectivity index (χ0v) is 22.0. The molecule has 34 heavy (non-hydrogen) atoms. The highest BCUT2D eigenvalue weighted by Gasteiger charge is 2.72. The Labute approximate surface area is 205 Å². The summed E-state index contributed by atoms with van der Waals surface area (Å²) >= 11 is 0. The SMILES string of the molecule is C=C(C)[C@@H]1CC[C@]2(C(=O)O)CC[C@]3(C)C(CCC4C3(C)CCC3C(C)(C)C(=O)C(O)=C[C@@]34C)C12. The van der Waals surface area contributed by atoms with Crippen LogP contribution in [0.3, 0.4) is 0 Å². The van der Waals surface area contributed by atoms with Crippen LogP contribution in [0.5, 0.6) is 0 Å². The second kappa shape index (κ2) is 7.01. The summed E-state index contributed by atoms with van der Waals surface area (Å²) in [7, 11) is 0. The van der Waals surface area contributed by atoms with Crippen molar-refractivity contribution in [2.75, 3.05) is 0 Å². The van der Waals surface area contributed by atoms with Crippen LogP contribution < -0.4 is 0 Å². The first kappa shape index (κ1) is 24.1. The zero-order chi connectivity index (χ0) is 25.1. The van der Waals surface area contributed by atoms with Crippen LogP contribution in [0.25, 0.3) is 0 Å². The number of aliphatic hydroxyl groups excluding tert-OH is 1. The normalized spacial score (nSPS) is 51.4. The van der Waals surface area contributed by atoms with Gasteiger partial charge in [0.15, 0.2) is 5.76 Å². The van der Waals surface area contributed by atoms with Crippen molar-refractivity contribution in [3.05, 3.63) is 24.0 Å². The molecule has 0 bridgehead atoms. The van der Waals surface area contributed by atoms with Crippen LogP contribution in [-0.4, -0.2) is 22.0 Å². The van der Waals surface area contributed by atoms with Crippen LogP contribution in [0, 0.1) is 56.7 Å². The maximum atomic E-state index is 12.9. The van der Waals surface area contributed by atoms with Gasteiger partial charge in [-0.2, -0.15) is 0 Å². The van der Waals surface area contributed by atoms with Gasteiger partial charge in [-0.1, -0.05) is 46.8 Å². The topological polar surface area (TPSA) is 74.6 Å². The van der Waals surface area contributed by atoms with E-state index in [9.17, 15) is 19.8 Å². The molecule has 5 rings (SSSR count). The summed E-state index contributed by atoms with van der Waals surface area (Å²) in [5, 5.41) is 21.2. The minimum Gasteiger partial charge on any atom is -0.505 e. The van der Waals surface area contributed by atoms with Gasteiger partial charge in [0.2, 0.25) is 5.78 Å². The molecule has 188 valence electrons. The monoisotopic (exact) mass is 468 g/mol. The molecule has 5 aliphatic rings. The van der Waals surface area contributed by atoms with Crippen LogP contribution >= 0.6 is 0 Å². The molecule has 0 aromatic heterocycles. The predicted molar refractivity (Wildman–Crippen MR) is 133 cm³/mol. The number of aliphatic hydroxyl groups is 1. The zero-order valence-electron chi connectivity index (χ0n) is 22.0. The fourth-order valence-electron chi connectivity index (χ4n) is 11.0. The average Bonchev–Trinajstić information content (AvgIpc) is 3.14. The van der Waals surface area contributed by atoms with Crippen LogP contribution in [0.2, 0.25) is 0 Å². The lowest BCUT2D eigenvalue weighted by Crippen LogP contribution is -2.66. The van der Waals surface area contributed by atoms with Gasteiger partial charge in [-0.3, -0.25) is 9.59 Å². The molecule has 5 unspecified atom stereocenters. The minimum atomic E-state index is -0.602. The van der Waals surface area contributed by atoms with E-state index >= 15 is 0 Å². The fraction of sp³-hybridized carbons (Fsp3) is 0.800. The standard InChI is InChI=1S/C30H44O4/c1-17(2)18-10-13-30(25(33)34)15-14-28(6)19(23(18)30)8-9-22-27(5)16-20(31)24(32)26(3,4)21(27)11-12-29(22,28)7/h16,18-19,21-23,31H,1,8-15H2,2-7H3,(H,33,34)/t18-,19?,21?,22?,23?,27-,28+,29?,30-/m0/s1. The number of carboxylic acids is 1. The summed E-state index contributed by atoms with van der Waals surface area (Å²) in [6.45, 7) is 17.7. The van der Waals surface area contributed by atoms with Crippen LogP contribution in [0.1, 0.15) is 92.9 Å². The summed E-state index contributed by atoms with van der Waals surface area (Å²) in [4.78, 5) is 25.7. The van der Waals surface area contributed by atoms with Gasteiger partial charge in [-0.15, -0.1) is 0 Å². The lowest BCUT2D eigenvalue weighted by atomic mass is 9.33. The van der Waals surface area contributed by atoms with Gasteiger partial charge in [0.25, 0.3) is 0 Å². The van der Waals surface area contributed by atoms with Crippen LogP contribution in [-0.2, 0) is 9.59 Å². The molecule has 0 aromatic carbocycles. The molecule has 0 aromatic rings. The smallest absolute Gasteiger partial charge is 0.309 e. The van der Waals surface area contributed by atoms with Gasteiger partial charge in [0, 0.05) is 5.41 Å². The van der Waals surface area contributed by atoms with Crippen molar-refractivity contribution in [2.24, 2.45) is 56.7 Å². The van der Waals surface area contributed by atoms with Gasteiger partial charge in [-0.05, 0) is 110 Å². The second-order valence-corrected chi connectivity index (χ2v) is 14.1. The van der Waals surface area contributed by atoms with Crippen molar-refractivity contribution in [1.82, 2.24) is 0 Å². The molecule has 4 nitrogen and oxygen atoms in total. The van der Waals surface area contributed by atoms with Crippen LogP contribution in [0.15, 0.2) is 24.0 Å². The highest BCUT2D eigenvalue weighted by atomic mass is 16.4. The number of Topliss-reactive ketones (excluding diaryl/α,β-unsaturated/α-hetero) is 1. The fourth-order valence-corrected chi connectivity index (χ4v) is 11.0. The number of hydrogen-bond acceptors (Lipinski definition) is 3. The third-order valence-corrected chi connectivity index (χ3v) is 12.8. The van der Waals surface area contributed by atoms with Gasteiger partial charge in [0.05, 0.1) is 5.41 Å². The van der Waals surface area contributed by atoms with Crippen molar-refractivity contribution in [2.45, 2.75) is 92.9 Å². The first-order valence-electron chi connectivity index (χ1n) is 13.5. The van der Waals surface area contributed by atoms with Crippen molar-refractivity contribution < 1.29 is 19.8 Å². The highest BCUT2D eigenvalue weighted by Crippen LogP contribution is 2.77. The molecule has 4 fully saturated rings. The summed E-state index contributed by atoms with van der Waals surface area (Å²) < 4.78 is 0. The first-order valence-corrected chi connectivity index (χ1v) is 13.5. The van der Waals surface area contributed by atoms with Gasteiger partial charge < -0.3 is 10.2 Å². The van der Waals surface area contributed by atoms with E-state index in [2.05, 4.69) is 34.3 Å².